The number of aromatic nitrogens is 1. The largest absolute Gasteiger partial charge is 0.312 e. The van der Waals surface area contributed by atoms with Gasteiger partial charge in [0.15, 0.2) is 0 Å². The summed E-state index contributed by atoms with van der Waals surface area (Å²) in [5.74, 6) is 0.956. The van der Waals surface area contributed by atoms with Crippen molar-refractivity contribution in [3.05, 3.63) is 29.8 Å². The molecule has 0 amide bonds. The fourth-order valence-electron chi connectivity index (χ4n) is 2.44. The number of pyridine rings is 1. The molecular formula is C12H17FN2S. The van der Waals surface area contributed by atoms with Crippen LogP contribution in [0.1, 0.15) is 31.4 Å². The summed E-state index contributed by atoms with van der Waals surface area (Å²) in [6.07, 6.45) is 5.30. The second kappa shape index (κ2) is 4.72. The number of nitrogens with one attached hydrogen (secondary N) is 1. The Hall–Kier alpha value is -0.610. The first kappa shape index (κ1) is 11.9. The van der Waals surface area contributed by atoms with Crippen LogP contribution >= 0.6 is 11.8 Å². The Kier molecular flexibility index (Phi) is 3.50. The Bertz CT molecular complexity index is 364. The molecular weight excluding hydrogens is 223 g/mol. The van der Waals surface area contributed by atoms with Gasteiger partial charge in [0.2, 0.25) is 0 Å². The standard InChI is InChI=1S/C12H17FN2S/c1-12(5-3-7-16-12)11(14-2)9-4-6-15-8-10(9)13/h4,6,8,11,14H,3,5,7H2,1-2H3. The second-order valence-electron chi connectivity index (χ2n) is 4.38. The predicted octanol–water partition coefficient (Wildman–Crippen LogP) is 2.77. The zero-order chi connectivity index (χ0) is 11.6. The first-order valence-electron chi connectivity index (χ1n) is 5.58. The van der Waals surface area contributed by atoms with Crippen molar-refractivity contribution in [1.29, 1.82) is 0 Å². The summed E-state index contributed by atoms with van der Waals surface area (Å²) in [6.45, 7) is 2.21. The molecule has 88 valence electrons. The Morgan fingerprint density at radius 2 is 2.44 bits per heavy atom. The zero-order valence-corrected chi connectivity index (χ0v) is 10.5. The van der Waals surface area contributed by atoms with E-state index in [4.69, 9.17) is 0 Å². The van der Waals surface area contributed by atoms with Crippen molar-refractivity contribution in [1.82, 2.24) is 10.3 Å². The third-order valence-electron chi connectivity index (χ3n) is 3.26. The number of rotatable bonds is 3. The van der Waals surface area contributed by atoms with E-state index in [1.165, 1.54) is 18.4 Å². The van der Waals surface area contributed by atoms with Gasteiger partial charge in [0.1, 0.15) is 5.82 Å². The molecule has 0 spiro atoms. The molecule has 1 N–H and O–H groups in total. The molecule has 4 heteroatoms. The fraction of sp³-hybridized carbons (Fsp3) is 0.583. The molecule has 2 unspecified atom stereocenters. The highest BCUT2D eigenvalue weighted by Crippen LogP contribution is 2.46. The van der Waals surface area contributed by atoms with Crippen LogP contribution in [0.4, 0.5) is 4.39 Å². The van der Waals surface area contributed by atoms with Gasteiger partial charge in [-0.05, 0) is 38.6 Å². The Balaban J connectivity index is 2.32. The number of thioether (sulfide) groups is 1. The Morgan fingerprint density at radius 1 is 1.62 bits per heavy atom. The summed E-state index contributed by atoms with van der Waals surface area (Å²) in [4.78, 5) is 3.80. The van der Waals surface area contributed by atoms with Crippen molar-refractivity contribution in [2.24, 2.45) is 0 Å². The van der Waals surface area contributed by atoms with Gasteiger partial charge in [-0.1, -0.05) is 0 Å². The van der Waals surface area contributed by atoms with Crippen LogP contribution in [0.3, 0.4) is 0 Å². The quantitative estimate of drug-likeness (QED) is 0.879. The van der Waals surface area contributed by atoms with Gasteiger partial charge in [0.05, 0.1) is 6.20 Å². The highest BCUT2D eigenvalue weighted by molar-refractivity contribution is 8.00. The first-order valence-corrected chi connectivity index (χ1v) is 6.56. The van der Waals surface area contributed by atoms with Crippen molar-refractivity contribution in [3.63, 3.8) is 0 Å². The third-order valence-corrected chi connectivity index (χ3v) is 4.86. The van der Waals surface area contributed by atoms with Crippen molar-refractivity contribution >= 4 is 11.8 Å². The minimum Gasteiger partial charge on any atom is -0.312 e. The molecule has 1 saturated heterocycles. The lowest BCUT2D eigenvalue weighted by Gasteiger charge is -2.33. The lowest BCUT2D eigenvalue weighted by molar-refractivity contribution is 0.423. The van der Waals surface area contributed by atoms with Crippen LogP contribution in [0.15, 0.2) is 18.5 Å². The topological polar surface area (TPSA) is 24.9 Å². The van der Waals surface area contributed by atoms with Crippen molar-refractivity contribution in [3.8, 4) is 0 Å². The van der Waals surface area contributed by atoms with Gasteiger partial charge in [-0.2, -0.15) is 11.8 Å². The molecule has 1 aromatic heterocycles. The van der Waals surface area contributed by atoms with Crippen LogP contribution < -0.4 is 5.32 Å². The van der Waals surface area contributed by atoms with Gasteiger partial charge in [-0.3, -0.25) is 4.98 Å². The molecule has 0 saturated carbocycles. The van der Waals surface area contributed by atoms with Gasteiger partial charge in [-0.15, -0.1) is 0 Å². The van der Waals surface area contributed by atoms with E-state index in [1.807, 2.05) is 18.8 Å². The molecule has 2 heterocycles. The van der Waals surface area contributed by atoms with Gasteiger partial charge in [0, 0.05) is 22.5 Å². The molecule has 2 atom stereocenters. The molecule has 1 aromatic rings. The molecule has 0 aliphatic carbocycles. The molecule has 0 aromatic carbocycles. The average molecular weight is 240 g/mol. The molecule has 1 fully saturated rings. The molecule has 0 radical (unpaired) electrons. The van der Waals surface area contributed by atoms with Crippen LogP contribution in [-0.2, 0) is 0 Å². The summed E-state index contributed by atoms with van der Waals surface area (Å²) >= 11 is 1.93. The van der Waals surface area contributed by atoms with Crippen LogP contribution in [0.2, 0.25) is 0 Å². The maximum absolute atomic E-state index is 13.7. The van der Waals surface area contributed by atoms with E-state index in [9.17, 15) is 4.39 Å². The second-order valence-corrected chi connectivity index (χ2v) is 6.01. The summed E-state index contributed by atoms with van der Waals surface area (Å²) < 4.78 is 13.8. The number of hydrogen-bond acceptors (Lipinski definition) is 3. The lowest BCUT2D eigenvalue weighted by atomic mass is 9.90. The molecule has 1 aliphatic heterocycles. The summed E-state index contributed by atoms with van der Waals surface area (Å²) in [6, 6.07) is 1.84. The predicted molar refractivity (Wildman–Crippen MR) is 66.1 cm³/mol. The SMILES string of the molecule is CNC(c1ccncc1F)C1(C)CCCS1. The monoisotopic (exact) mass is 240 g/mol. The van der Waals surface area contributed by atoms with Crippen molar-refractivity contribution in [2.45, 2.75) is 30.6 Å². The summed E-state index contributed by atoms with van der Waals surface area (Å²) in [5, 5.41) is 3.25. The normalized spacial score (nSPS) is 26.9. The van der Waals surface area contributed by atoms with E-state index in [-0.39, 0.29) is 16.6 Å². The van der Waals surface area contributed by atoms with Crippen molar-refractivity contribution in [2.75, 3.05) is 12.8 Å². The van der Waals surface area contributed by atoms with E-state index < -0.39 is 0 Å². The van der Waals surface area contributed by atoms with Crippen LogP contribution in [0, 0.1) is 5.82 Å². The first-order chi connectivity index (χ1) is 7.67. The van der Waals surface area contributed by atoms with E-state index in [0.29, 0.717) is 0 Å². The van der Waals surface area contributed by atoms with Crippen molar-refractivity contribution < 1.29 is 4.39 Å². The highest BCUT2D eigenvalue weighted by Gasteiger charge is 2.38. The van der Waals surface area contributed by atoms with Gasteiger partial charge in [-0.25, -0.2) is 4.39 Å². The average Bonchev–Trinajstić information content (AvgIpc) is 2.70. The molecule has 2 nitrogen and oxygen atoms in total. The molecule has 0 bridgehead atoms. The minimum atomic E-state index is -0.212. The van der Waals surface area contributed by atoms with Crippen LogP contribution in [-0.4, -0.2) is 22.5 Å². The summed E-state index contributed by atoms with van der Waals surface area (Å²) in [7, 11) is 1.90. The van der Waals surface area contributed by atoms with E-state index >= 15 is 0 Å². The van der Waals surface area contributed by atoms with E-state index in [0.717, 1.165) is 12.0 Å². The fourth-order valence-corrected chi connectivity index (χ4v) is 3.89. The van der Waals surface area contributed by atoms with E-state index in [1.54, 1.807) is 12.3 Å². The summed E-state index contributed by atoms with van der Waals surface area (Å²) in [5.41, 5.74) is 0.731. The number of hydrogen-bond donors (Lipinski definition) is 1. The maximum Gasteiger partial charge on any atom is 0.146 e. The highest BCUT2D eigenvalue weighted by atomic mass is 32.2. The van der Waals surface area contributed by atoms with Gasteiger partial charge in [0.25, 0.3) is 0 Å². The third kappa shape index (κ3) is 2.09. The number of halogens is 1. The van der Waals surface area contributed by atoms with Gasteiger partial charge >= 0.3 is 0 Å². The Labute approximate surface area is 100 Å². The van der Waals surface area contributed by atoms with E-state index in [2.05, 4.69) is 17.2 Å². The van der Waals surface area contributed by atoms with Crippen LogP contribution in [0.25, 0.3) is 0 Å². The molecule has 2 rings (SSSR count). The molecule has 1 aliphatic rings. The zero-order valence-electron chi connectivity index (χ0n) is 9.66. The van der Waals surface area contributed by atoms with Crippen LogP contribution in [0.5, 0.6) is 0 Å². The lowest BCUT2D eigenvalue weighted by Crippen LogP contribution is -2.36. The van der Waals surface area contributed by atoms with Gasteiger partial charge < -0.3 is 5.32 Å². The minimum absolute atomic E-state index is 0.0583. The Morgan fingerprint density at radius 3 is 3.00 bits per heavy atom. The number of nitrogens with zero attached hydrogens (tertiary/aromatic N) is 1. The molecule has 16 heavy (non-hydrogen) atoms. The maximum atomic E-state index is 13.7. The smallest absolute Gasteiger partial charge is 0.146 e.